The molecule has 1 atom stereocenters. The summed E-state index contributed by atoms with van der Waals surface area (Å²) in [5, 5.41) is 21.9. The third-order valence-electron chi connectivity index (χ3n) is 3.88. The van der Waals surface area contributed by atoms with Gasteiger partial charge in [0.25, 0.3) is 0 Å². The van der Waals surface area contributed by atoms with E-state index in [1.807, 2.05) is 12.1 Å². The fraction of sp³-hybridized carbons (Fsp3) is 0.562. The molecule has 1 fully saturated rings. The number of anilines is 1. The topological polar surface area (TPSA) is 68.5 Å². The van der Waals surface area contributed by atoms with Crippen LogP contribution in [0.5, 0.6) is 0 Å². The molecule has 1 heterocycles. The highest BCUT2D eigenvalue weighted by molar-refractivity contribution is 5.61. The van der Waals surface area contributed by atoms with Crippen molar-refractivity contribution in [1.29, 1.82) is 5.26 Å². The van der Waals surface area contributed by atoms with Crippen molar-refractivity contribution in [3.63, 3.8) is 0 Å². The van der Waals surface area contributed by atoms with Crippen LogP contribution in [-0.2, 0) is 11.3 Å². The first-order chi connectivity index (χ1) is 10.3. The third kappa shape index (κ3) is 4.18. The van der Waals surface area contributed by atoms with Gasteiger partial charge in [-0.1, -0.05) is 6.07 Å². The van der Waals surface area contributed by atoms with Gasteiger partial charge in [-0.2, -0.15) is 5.26 Å². The molecule has 0 radical (unpaired) electrons. The van der Waals surface area contributed by atoms with E-state index in [0.717, 1.165) is 43.9 Å². The zero-order valence-electron chi connectivity index (χ0n) is 12.5. The SMILES string of the molecule is COCCNCc1ccc(N2CCC(CO)C2)c(C#N)c1. The van der Waals surface area contributed by atoms with Gasteiger partial charge in [-0.3, -0.25) is 0 Å². The van der Waals surface area contributed by atoms with Crippen LogP contribution in [0.15, 0.2) is 18.2 Å². The van der Waals surface area contributed by atoms with Gasteiger partial charge in [0, 0.05) is 45.8 Å². The molecule has 114 valence electrons. The van der Waals surface area contributed by atoms with Crippen molar-refractivity contribution >= 4 is 5.69 Å². The van der Waals surface area contributed by atoms with E-state index in [0.29, 0.717) is 18.1 Å². The predicted molar refractivity (Wildman–Crippen MR) is 82.1 cm³/mol. The van der Waals surface area contributed by atoms with E-state index in [9.17, 15) is 10.4 Å². The molecule has 0 bridgehead atoms. The van der Waals surface area contributed by atoms with Crippen LogP contribution in [-0.4, -0.2) is 45.1 Å². The Morgan fingerprint density at radius 1 is 1.52 bits per heavy atom. The Bertz CT molecular complexity index is 499. The summed E-state index contributed by atoms with van der Waals surface area (Å²) >= 11 is 0. The summed E-state index contributed by atoms with van der Waals surface area (Å²) in [5.74, 6) is 0.326. The van der Waals surface area contributed by atoms with Gasteiger partial charge in [0.2, 0.25) is 0 Å². The number of hydrogen-bond donors (Lipinski definition) is 2. The molecule has 5 nitrogen and oxygen atoms in total. The maximum atomic E-state index is 9.37. The van der Waals surface area contributed by atoms with Gasteiger partial charge in [-0.05, 0) is 24.1 Å². The first-order valence-electron chi connectivity index (χ1n) is 7.37. The summed E-state index contributed by atoms with van der Waals surface area (Å²) in [6.45, 7) is 4.17. The lowest BCUT2D eigenvalue weighted by atomic mass is 10.1. The molecule has 0 aromatic heterocycles. The Morgan fingerprint density at radius 3 is 3.05 bits per heavy atom. The number of aliphatic hydroxyl groups excluding tert-OH is 1. The predicted octanol–water partition coefficient (Wildman–Crippen LogP) is 1.11. The molecule has 1 aromatic carbocycles. The number of nitriles is 1. The largest absolute Gasteiger partial charge is 0.396 e. The molecule has 21 heavy (non-hydrogen) atoms. The maximum absolute atomic E-state index is 9.37. The van der Waals surface area contributed by atoms with Crippen molar-refractivity contribution in [3.05, 3.63) is 29.3 Å². The maximum Gasteiger partial charge on any atom is 0.101 e. The van der Waals surface area contributed by atoms with E-state index in [4.69, 9.17) is 4.74 Å². The molecule has 0 aliphatic carbocycles. The first kappa shape index (κ1) is 15.8. The van der Waals surface area contributed by atoms with Gasteiger partial charge in [0.05, 0.1) is 17.9 Å². The quantitative estimate of drug-likeness (QED) is 0.736. The van der Waals surface area contributed by atoms with E-state index < -0.39 is 0 Å². The number of nitrogens with zero attached hydrogens (tertiary/aromatic N) is 2. The van der Waals surface area contributed by atoms with E-state index in [-0.39, 0.29) is 6.61 Å². The molecule has 0 saturated carbocycles. The average molecular weight is 289 g/mol. The third-order valence-corrected chi connectivity index (χ3v) is 3.88. The van der Waals surface area contributed by atoms with E-state index in [1.165, 1.54) is 0 Å². The Morgan fingerprint density at radius 2 is 2.38 bits per heavy atom. The number of rotatable bonds is 7. The van der Waals surface area contributed by atoms with Crippen molar-refractivity contribution in [2.75, 3.05) is 44.9 Å². The summed E-state index contributed by atoms with van der Waals surface area (Å²) in [6, 6.07) is 8.31. The first-order valence-corrected chi connectivity index (χ1v) is 7.37. The second kappa shape index (κ2) is 7.99. The van der Waals surface area contributed by atoms with Crippen molar-refractivity contribution in [2.24, 2.45) is 5.92 Å². The number of benzene rings is 1. The number of methoxy groups -OCH3 is 1. The van der Waals surface area contributed by atoms with Crippen LogP contribution in [0.4, 0.5) is 5.69 Å². The monoisotopic (exact) mass is 289 g/mol. The van der Waals surface area contributed by atoms with Gasteiger partial charge in [-0.25, -0.2) is 0 Å². The minimum absolute atomic E-state index is 0.222. The molecule has 2 N–H and O–H groups in total. The van der Waals surface area contributed by atoms with Crippen LogP contribution in [0.1, 0.15) is 17.5 Å². The number of nitrogens with one attached hydrogen (secondary N) is 1. The summed E-state index contributed by atoms with van der Waals surface area (Å²) < 4.78 is 4.99. The van der Waals surface area contributed by atoms with Crippen molar-refractivity contribution in [1.82, 2.24) is 5.32 Å². The molecule has 1 aliphatic rings. The van der Waals surface area contributed by atoms with Crippen molar-refractivity contribution in [2.45, 2.75) is 13.0 Å². The lowest BCUT2D eigenvalue weighted by molar-refractivity contribution is 0.199. The fourth-order valence-electron chi connectivity index (χ4n) is 2.67. The lowest BCUT2D eigenvalue weighted by Gasteiger charge is -2.20. The minimum Gasteiger partial charge on any atom is -0.396 e. The average Bonchev–Trinajstić information content (AvgIpc) is 3.00. The summed E-state index contributed by atoms with van der Waals surface area (Å²) in [6.07, 6.45) is 0.988. The van der Waals surface area contributed by atoms with Crippen LogP contribution in [0, 0.1) is 17.2 Å². The molecule has 2 rings (SSSR count). The van der Waals surface area contributed by atoms with Crippen molar-refractivity contribution in [3.8, 4) is 6.07 Å². The second-order valence-electron chi connectivity index (χ2n) is 5.42. The standard InChI is InChI=1S/C16H23N3O2/c1-21-7-5-18-10-13-2-3-16(15(8-13)9-17)19-6-4-14(11-19)12-20/h2-3,8,14,18,20H,4-7,10-12H2,1H3. The van der Waals surface area contributed by atoms with Gasteiger partial charge in [-0.15, -0.1) is 0 Å². The Balaban J connectivity index is 2.02. The van der Waals surface area contributed by atoms with Crippen LogP contribution in [0.3, 0.4) is 0 Å². The Kier molecular flexibility index (Phi) is 6.00. The molecule has 1 aliphatic heterocycles. The summed E-state index contributed by atoms with van der Waals surface area (Å²) in [5.41, 5.74) is 2.79. The normalized spacial score (nSPS) is 18.0. The summed E-state index contributed by atoms with van der Waals surface area (Å²) in [4.78, 5) is 2.20. The van der Waals surface area contributed by atoms with Gasteiger partial charge < -0.3 is 20.1 Å². The van der Waals surface area contributed by atoms with E-state index in [1.54, 1.807) is 7.11 Å². The molecule has 1 aromatic rings. The molecule has 0 spiro atoms. The zero-order chi connectivity index (χ0) is 15.1. The highest BCUT2D eigenvalue weighted by Gasteiger charge is 2.23. The Hall–Kier alpha value is -1.61. The van der Waals surface area contributed by atoms with Crippen molar-refractivity contribution < 1.29 is 9.84 Å². The van der Waals surface area contributed by atoms with Crippen LogP contribution in [0.2, 0.25) is 0 Å². The zero-order valence-corrected chi connectivity index (χ0v) is 12.5. The number of hydrogen-bond acceptors (Lipinski definition) is 5. The lowest BCUT2D eigenvalue weighted by Crippen LogP contribution is -2.22. The van der Waals surface area contributed by atoms with Crippen LogP contribution in [0.25, 0.3) is 0 Å². The molecule has 5 heteroatoms. The van der Waals surface area contributed by atoms with Crippen LogP contribution < -0.4 is 10.2 Å². The second-order valence-corrected chi connectivity index (χ2v) is 5.42. The smallest absolute Gasteiger partial charge is 0.101 e. The van der Waals surface area contributed by atoms with E-state index >= 15 is 0 Å². The Labute approximate surface area is 126 Å². The molecule has 1 unspecified atom stereocenters. The number of ether oxygens (including phenoxy) is 1. The fourth-order valence-corrected chi connectivity index (χ4v) is 2.67. The highest BCUT2D eigenvalue weighted by atomic mass is 16.5. The molecule has 0 amide bonds. The molecule has 1 saturated heterocycles. The molecular formula is C16H23N3O2. The number of aliphatic hydroxyl groups is 1. The molecular weight excluding hydrogens is 266 g/mol. The highest BCUT2D eigenvalue weighted by Crippen LogP contribution is 2.27. The van der Waals surface area contributed by atoms with E-state index in [2.05, 4.69) is 22.4 Å². The van der Waals surface area contributed by atoms with Gasteiger partial charge in [0.1, 0.15) is 6.07 Å². The summed E-state index contributed by atoms with van der Waals surface area (Å²) in [7, 11) is 1.68. The van der Waals surface area contributed by atoms with Crippen LogP contribution >= 0.6 is 0 Å². The minimum atomic E-state index is 0.222. The van der Waals surface area contributed by atoms with Gasteiger partial charge in [0.15, 0.2) is 0 Å². The van der Waals surface area contributed by atoms with Gasteiger partial charge >= 0.3 is 0 Å².